The fraction of sp³-hybridized carbons (Fsp3) is 1.00. The van der Waals surface area contributed by atoms with E-state index in [2.05, 4.69) is 5.32 Å². The van der Waals surface area contributed by atoms with E-state index >= 15 is 0 Å². The van der Waals surface area contributed by atoms with Crippen molar-refractivity contribution in [3.05, 3.63) is 0 Å². The Morgan fingerprint density at radius 3 is 2.22 bits per heavy atom. The second-order valence-electron chi connectivity index (χ2n) is 2.00. The molecule has 1 atom stereocenters. The molecular weight excluding hydrogens is 150 g/mol. The van der Waals surface area contributed by atoms with Gasteiger partial charge in [0.15, 0.2) is 0 Å². The minimum Gasteiger partial charge on any atom is -0.322 e. The average Bonchev–Trinajstić information content (AvgIpc) is 1.86. The van der Waals surface area contributed by atoms with Gasteiger partial charge in [0.2, 0.25) is 0 Å². The summed E-state index contributed by atoms with van der Waals surface area (Å²) in [5.41, 5.74) is 5.00. The number of alkyl halides is 2. The van der Waals surface area contributed by atoms with Crippen molar-refractivity contribution < 1.29 is 8.78 Å². The van der Waals surface area contributed by atoms with Gasteiger partial charge in [0.1, 0.15) is 0 Å². The summed E-state index contributed by atoms with van der Waals surface area (Å²) in [6, 6.07) is -0.984. The third-order valence-corrected chi connectivity index (χ3v) is 1.27. The van der Waals surface area contributed by atoms with Crippen LogP contribution in [0.2, 0.25) is 0 Å². The van der Waals surface area contributed by atoms with E-state index in [9.17, 15) is 8.78 Å². The molecule has 1 heterocycles. The van der Waals surface area contributed by atoms with Gasteiger partial charge < -0.3 is 11.1 Å². The molecule has 0 radical (unpaired) electrons. The summed E-state index contributed by atoms with van der Waals surface area (Å²) in [5.74, 6) is -2.68. The highest BCUT2D eigenvalue weighted by Gasteiger charge is 2.41. The van der Waals surface area contributed by atoms with Crippen molar-refractivity contribution in [3.63, 3.8) is 0 Å². The van der Waals surface area contributed by atoms with Crippen LogP contribution in [-0.4, -0.2) is 25.1 Å². The summed E-state index contributed by atoms with van der Waals surface area (Å²) in [6.07, 6.45) is 0. The standard InChI is InChI=1S/C4H8F2N2.ClH/c5-4(6)2-8-1-3(4)7;/h3,8H,1-2,7H2;1H/t3-;/m1./s1. The predicted octanol–water partition coefficient (Wildman–Crippen LogP) is -0.0260. The summed E-state index contributed by atoms with van der Waals surface area (Å²) >= 11 is 0. The summed E-state index contributed by atoms with van der Waals surface area (Å²) in [6.45, 7) is -0.0405. The molecule has 0 spiro atoms. The molecule has 2 nitrogen and oxygen atoms in total. The molecule has 56 valence electrons. The number of halogens is 3. The molecule has 0 amide bonds. The average molecular weight is 159 g/mol. The van der Waals surface area contributed by atoms with Gasteiger partial charge in [-0.1, -0.05) is 0 Å². The van der Waals surface area contributed by atoms with E-state index in [0.29, 0.717) is 0 Å². The summed E-state index contributed by atoms with van der Waals surface area (Å²) in [7, 11) is 0. The maximum absolute atomic E-state index is 12.2. The molecule has 9 heavy (non-hydrogen) atoms. The van der Waals surface area contributed by atoms with Crippen molar-refractivity contribution in [2.75, 3.05) is 13.1 Å². The van der Waals surface area contributed by atoms with E-state index in [1.54, 1.807) is 0 Å². The highest BCUT2D eigenvalue weighted by Crippen LogP contribution is 2.19. The van der Waals surface area contributed by atoms with E-state index in [0.717, 1.165) is 0 Å². The quantitative estimate of drug-likeness (QED) is 0.520. The lowest BCUT2D eigenvalue weighted by Crippen LogP contribution is -2.38. The summed E-state index contributed by atoms with van der Waals surface area (Å²) < 4.78 is 24.3. The zero-order valence-electron chi connectivity index (χ0n) is 4.73. The molecule has 5 heteroatoms. The highest BCUT2D eigenvalue weighted by atomic mass is 35.5. The Labute approximate surface area is 58.2 Å². The van der Waals surface area contributed by atoms with E-state index in [1.165, 1.54) is 0 Å². The van der Waals surface area contributed by atoms with E-state index in [4.69, 9.17) is 5.73 Å². The lowest BCUT2D eigenvalue weighted by atomic mass is 10.2. The minimum absolute atomic E-state index is 0. The molecule has 0 aliphatic carbocycles. The van der Waals surface area contributed by atoms with Gasteiger partial charge in [-0.25, -0.2) is 8.78 Å². The van der Waals surface area contributed by atoms with E-state index in [1.807, 2.05) is 0 Å². The summed E-state index contributed by atoms with van der Waals surface area (Å²) in [4.78, 5) is 0. The molecule has 1 rings (SSSR count). The Bertz CT molecular complexity index is 98.6. The second-order valence-corrected chi connectivity index (χ2v) is 2.00. The molecular formula is C4H9ClF2N2. The highest BCUT2D eigenvalue weighted by molar-refractivity contribution is 5.85. The van der Waals surface area contributed by atoms with Crippen molar-refractivity contribution in [1.29, 1.82) is 0 Å². The van der Waals surface area contributed by atoms with Crippen LogP contribution < -0.4 is 11.1 Å². The molecule has 3 N–H and O–H groups in total. The minimum atomic E-state index is -2.68. The third kappa shape index (κ3) is 1.74. The van der Waals surface area contributed by atoms with Crippen LogP contribution in [0, 0.1) is 0 Å². The van der Waals surface area contributed by atoms with Gasteiger partial charge >= 0.3 is 0 Å². The Hall–Kier alpha value is 0.0700. The molecule has 1 aliphatic rings. The van der Waals surface area contributed by atoms with Crippen LogP contribution in [0.25, 0.3) is 0 Å². The number of nitrogens with one attached hydrogen (secondary N) is 1. The first-order valence-electron chi connectivity index (χ1n) is 2.47. The summed E-state index contributed by atoms with van der Waals surface area (Å²) in [5, 5.41) is 2.49. The molecule has 0 saturated carbocycles. The fourth-order valence-electron chi connectivity index (χ4n) is 0.675. The Balaban J connectivity index is 0.000000640. The molecule has 1 saturated heterocycles. The Morgan fingerprint density at radius 1 is 1.56 bits per heavy atom. The number of hydrogen-bond acceptors (Lipinski definition) is 2. The van der Waals surface area contributed by atoms with Crippen molar-refractivity contribution in [2.45, 2.75) is 12.0 Å². The van der Waals surface area contributed by atoms with Gasteiger partial charge in [0, 0.05) is 6.54 Å². The zero-order valence-corrected chi connectivity index (χ0v) is 5.55. The maximum atomic E-state index is 12.2. The first-order chi connectivity index (χ1) is 3.63. The smallest absolute Gasteiger partial charge is 0.276 e. The van der Waals surface area contributed by atoms with Gasteiger partial charge in [-0.2, -0.15) is 0 Å². The zero-order chi connectivity index (χ0) is 6.20. The van der Waals surface area contributed by atoms with Crippen LogP contribution in [-0.2, 0) is 0 Å². The van der Waals surface area contributed by atoms with Crippen molar-refractivity contribution in [3.8, 4) is 0 Å². The molecule has 0 aromatic rings. The van der Waals surface area contributed by atoms with Gasteiger partial charge in [-0.05, 0) is 0 Å². The van der Waals surface area contributed by atoms with Crippen molar-refractivity contribution >= 4 is 12.4 Å². The van der Waals surface area contributed by atoms with Crippen LogP contribution in [0.4, 0.5) is 8.78 Å². The van der Waals surface area contributed by atoms with E-state index < -0.39 is 12.0 Å². The van der Waals surface area contributed by atoms with Crippen molar-refractivity contribution in [2.24, 2.45) is 5.73 Å². The molecule has 1 aliphatic heterocycles. The van der Waals surface area contributed by atoms with Gasteiger partial charge in [0.25, 0.3) is 5.92 Å². The first-order valence-corrected chi connectivity index (χ1v) is 2.47. The Kier molecular flexibility index (Phi) is 2.79. The third-order valence-electron chi connectivity index (χ3n) is 1.27. The van der Waals surface area contributed by atoms with Crippen LogP contribution in [0.15, 0.2) is 0 Å². The molecule has 0 aromatic carbocycles. The normalized spacial score (nSPS) is 31.7. The van der Waals surface area contributed by atoms with Crippen LogP contribution in [0.3, 0.4) is 0 Å². The fourth-order valence-corrected chi connectivity index (χ4v) is 0.675. The maximum Gasteiger partial charge on any atom is 0.276 e. The lowest BCUT2D eigenvalue weighted by Gasteiger charge is -2.10. The topological polar surface area (TPSA) is 38.0 Å². The van der Waals surface area contributed by atoms with Gasteiger partial charge in [0.05, 0.1) is 12.6 Å². The largest absolute Gasteiger partial charge is 0.322 e. The predicted molar refractivity (Wildman–Crippen MR) is 33.0 cm³/mol. The Morgan fingerprint density at radius 2 is 2.11 bits per heavy atom. The number of hydrogen-bond donors (Lipinski definition) is 2. The van der Waals surface area contributed by atoms with Gasteiger partial charge in [-0.15, -0.1) is 12.4 Å². The molecule has 0 bridgehead atoms. The second kappa shape index (κ2) is 2.77. The molecule has 0 unspecified atom stereocenters. The lowest BCUT2D eigenvalue weighted by molar-refractivity contribution is 0.00814. The van der Waals surface area contributed by atoms with E-state index in [-0.39, 0.29) is 25.5 Å². The van der Waals surface area contributed by atoms with Crippen LogP contribution in [0.1, 0.15) is 0 Å². The van der Waals surface area contributed by atoms with Gasteiger partial charge in [-0.3, -0.25) is 0 Å². The monoisotopic (exact) mass is 158 g/mol. The number of nitrogens with two attached hydrogens (primary N) is 1. The molecule has 0 aromatic heterocycles. The number of rotatable bonds is 0. The molecule has 1 fully saturated rings. The van der Waals surface area contributed by atoms with Crippen LogP contribution in [0.5, 0.6) is 0 Å². The SMILES string of the molecule is Cl.N[C@@H]1CNCC1(F)F. The first kappa shape index (κ1) is 9.07. The van der Waals surface area contributed by atoms with Crippen molar-refractivity contribution in [1.82, 2.24) is 5.32 Å². The van der Waals surface area contributed by atoms with Crippen LogP contribution >= 0.6 is 12.4 Å².